The summed E-state index contributed by atoms with van der Waals surface area (Å²) in [6, 6.07) is 16.9. The van der Waals surface area contributed by atoms with Crippen molar-refractivity contribution >= 4 is 37.1 Å². The van der Waals surface area contributed by atoms with E-state index in [1.165, 1.54) is 23.5 Å². The van der Waals surface area contributed by atoms with Crippen molar-refractivity contribution in [3.63, 3.8) is 0 Å². The minimum atomic E-state index is -3.69. The van der Waals surface area contributed by atoms with Crippen molar-refractivity contribution in [2.24, 2.45) is 5.14 Å². The third-order valence-corrected chi connectivity index (χ3v) is 7.35. The molecule has 0 atom stereocenters. The molecule has 2 heterocycles. The van der Waals surface area contributed by atoms with E-state index in [2.05, 4.69) is 16.0 Å². The van der Waals surface area contributed by atoms with Gasteiger partial charge in [0.2, 0.25) is 10.0 Å². The summed E-state index contributed by atoms with van der Waals surface area (Å²) in [4.78, 5) is 6.94. The molecular formula is C24H22N4O2S2. The standard InChI is InChI=1S/C24H22N4O2S2/c1-16-13-19(21(15-25)24-27-22-5-3-4-6-23(22)31-24)14-17(2)28(16)12-11-18-7-9-20(10-8-18)32(26,29)30/h3-10,13-14H,11-12H2,1-2H3,(H2,26,29,30). The van der Waals surface area contributed by atoms with E-state index in [0.29, 0.717) is 5.57 Å². The summed E-state index contributed by atoms with van der Waals surface area (Å²) < 4.78 is 23.9. The Morgan fingerprint density at radius 1 is 1.09 bits per heavy atom. The summed E-state index contributed by atoms with van der Waals surface area (Å²) >= 11 is 1.52. The molecule has 0 saturated carbocycles. The van der Waals surface area contributed by atoms with Crippen LogP contribution in [0.3, 0.4) is 0 Å². The first kappa shape index (κ1) is 22.0. The molecule has 1 aliphatic rings. The van der Waals surface area contributed by atoms with Gasteiger partial charge in [0.1, 0.15) is 11.1 Å². The zero-order chi connectivity index (χ0) is 22.9. The second-order valence-corrected chi connectivity index (χ2v) is 10.2. The van der Waals surface area contributed by atoms with Crippen molar-refractivity contribution in [1.82, 2.24) is 9.88 Å². The molecule has 0 aliphatic carbocycles. The first-order chi connectivity index (χ1) is 15.3. The van der Waals surface area contributed by atoms with Crippen LogP contribution in [0.15, 0.2) is 82.5 Å². The van der Waals surface area contributed by atoms with Crippen molar-refractivity contribution in [2.75, 3.05) is 6.54 Å². The highest BCUT2D eigenvalue weighted by Crippen LogP contribution is 2.32. The monoisotopic (exact) mass is 462 g/mol. The molecule has 4 rings (SSSR count). The molecule has 1 aliphatic heterocycles. The fraction of sp³-hybridized carbons (Fsp3) is 0.167. The molecule has 1 aromatic heterocycles. The number of rotatable bonds is 5. The van der Waals surface area contributed by atoms with E-state index in [4.69, 9.17) is 5.14 Å². The van der Waals surface area contributed by atoms with E-state index in [-0.39, 0.29) is 4.90 Å². The lowest BCUT2D eigenvalue weighted by Crippen LogP contribution is -2.25. The van der Waals surface area contributed by atoms with Gasteiger partial charge in [0.25, 0.3) is 0 Å². The molecule has 0 radical (unpaired) electrons. The summed E-state index contributed by atoms with van der Waals surface area (Å²) in [6.45, 7) is 4.78. The first-order valence-electron chi connectivity index (χ1n) is 10.0. The minimum absolute atomic E-state index is 0.111. The van der Waals surface area contributed by atoms with Gasteiger partial charge in [-0.25, -0.2) is 18.5 Å². The fourth-order valence-electron chi connectivity index (χ4n) is 3.72. The molecule has 0 fully saturated rings. The number of hydrogen-bond acceptors (Lipinski definition) is 6. The minimum Gasteiger partial charge on any atom is -0.349 e. The number of nitriles is 1. The number of para-hydroxylation sites is 1. The van der Waals surface area contributed by atoms with Gasteiger partial charge in [-0.1, -0.05) is 24.3 Å². The van der Waals surface area contributed by atoms with Gasteiger partial charge >= 0.3 is 0 Å². The van der Waals surface area contributed by atoms with Crippen LogP contribution in [0.2, 0.25) is 0 Å². The largest absolute Gasteiger partial charge is 0.349 e. The Hall–Kier alpha value is -3.25. The molecule has 2 N–H and O–H groups in total. The molecule has 6 nitrogen and oxygen atoms in total. The number of sulfonamides is 1. The third-order valence-electron chi connectivity index (χ3n) is 5.36. The number of primary sulfonamides is 1. The fourth-order valence-corrected chi connectivity index (χ4v) is 5.22. The highest BCUT2D eigenvalue weighted by Gasteiger charge is 2.18. The number of benzene rings is 2. The van der Waals surface area contributed by atoms with Gasteiger partial charge in [-0.2, -0.15) is 5.26 Å². The Kier molecular flexibility index (Phi) is 5.98. The maximum absolute atomic E-state index is 11.4. The van der Waals surface area contributed by atoms with Gasteiger partial charge in [0.05, 0.1) is 20.7 Å². The molecule has 0 unspecified atom stereocenters. The lowest BCUT2D eigenvalue weighted by molar-refractivity contribution is 0.427. The van der Waals surface area contributed by atoms with Gasteiger partial charge in [-0.3, -0.25) is 0 Å². The van der Waals surface area contributed by atoms with Crippen LogP contribution in [0.5, 0.6) is 0 Å². The maximum Gasteiger partial charge on any atom is 0.238 e. The lowest BCUT2D eigenvalue weighted by Gasteiger charge is -2.30. The number of thiazole rings is 1. The van der Waals surface area contributed by atoms with Crippen molar-refractivity contribution in [1.29, 1.82) is 5.26 Å². The molecule has 162 valence electrons. The zero-order valence-corrected chi connectivity index (χ0v) is 19.4. The van der Waals surface area contributed by atoms with Gasteiger partial charge in [0, 0.05) is 17.9 Å². The van der Waals surface area contributed by atoms with Crippen LogP contribution in [-0.2, 0) is 16.4 Å². The van der Waals surface area contributed by atoms with Gasteiger partial charge in [-0.15, -0.1) is 11.3 Å². The summed E-state index contributed by atoms with van der Waals surface area (Å²) in [6.07, 6.45) is 4.77. The highest BCUT2D eigenvalue weighted by molar-refractivity contribution is 7.89. The summed E-state index contributed by atoms with van der Waals surface area (Å²) in [5.41, 5.74) is 5.42. The van der Waals surface area contributed by atoms with Crippen molar-refractivity contribution < 1.29 is 8.42 Å². The quantitative estimate of drug-likeness (QED) is 0.559. The molecule has 3 aromatic rings. The average molecular weight is 463 g/mol. The van der Waals surface area contributed by atoms with Gasteiger partial charge in [-0.05, 0) is 67.8 Å². The number of hydrogen-bond donors (Lipinski definition) is 1. The molecule has 32 heavy (non-hydrogen) atoms. The normalized spacial score (nSPS) is 14.2. The van der Waals surface area contributed by atoms with Crippen molar-refractivity contribution in [3.05, 3.63) is 88.2 Å². The number of allylic oxidation sites excluding steroid dienone is 6. The smallest absolute Gasteiger partial charge is 0.238 e. The topological polar surface area (TPSA) is 100 Å². The van der Waals surface area contributed by atoms with Gasteiger partial charge < -0.3 is 4.90 Å². The van der Waals surface area contributed by atoms with Crippen LogP contribution in [0.25, 0.3) is 15.8 Å². The van der Waals surface area contributed by atoms with E-state index < -0.39 is 10.0 Å². The number of nitrogens with two attached hydrogens (primary N) is 1. The number of aromatic nitrogens is 1. The second kappa shape index (κ2) is 8.71. The molecule has 0 saturated heterocycles. The van der Waals surface area contributed by atoms with E-state index in [1.807, 2.05) is 50.3 Å². The van der Waals surface area contributed by atoms with Crippen LogP contribution in [0.4, 0.5) is 0 Å². The summed E-state index contributed by atoms with van der Waals surface area (Å²) in [5.74, 6) is 0. The van der Waals surface area contributed by atoms with E-state index in [0.717, 1.165) is 50.7 Å². The maximum atomic E-state index is 11.4. The Morgan fingerprint density at radius 3 is 2.34 bits per heavy atom. The number of nitrogens with zero attached hydrogens (tertiary/aromatic N) is 3. The lowest BCUT2D eigenvalue weighted by atomic mass is 10.0. The Balaban J connectivity index is 1.56. The van der Waals surface area contributed by atoms with E-state index >= 15 is 0 Å². The Bertz CT molecular complexity index is 1370. The summed E-state index contributed by atoms with van der Waals surface area (Å²) in [7, 11) is -3.69. The SMILES string of the molecule is CC1=CC(=C(C#N)c2nc3ccccc3s2)C=C(C)N1CCc1ccc(S(N)(=O)=O)cc1. The molecule has 0 bridgehead atoms. The third kappa shape index (κ3) is 4.50. The molecule has 2 aromatic carbocycles. The van der Waals surface area contributed by atoms with Gasteiger partial charge in [0.15, 0.2) is 0 Å². The first-order valence-corrected chi connectivity index (χ1v) is 12.4. The predicted octanol–water partition coefficient (Wildman–Crippen LogP) is 4.59. The molecule has 0 spiro atoms. The van der Waals surface area contributed by atoms with Crippen molar-refractivity contribution in [2.45, 2.75) is 25.2 Å². The Morgan fingerprint density at radius 2 is 1.75 bits per heavy atom. The van der Waals surface area contributed by atoms with E-state index in [1.54, 1.807) is 12.1 Å². The molecular weight excluding hydrogens is 440 g/mol. The zero-order valence-electron chi connectivity index (χ0n) is 17.7. The predicted molar refractivity (Wildman–Crippen MR) is 128 cm³/mol. The van der Waals surface area contributed by atoms with Crippen LogP contribution >= 0.6 is 11.3 Å². The van der Waals surface area contributed by atoms with Crippen LogP contribution in [0, 0.1) is 11.3 Å². The van der Waals surface area contributed by atoms with Crippen LogP contribution in [-0.4, -0.2) is 24.8 Å². The Labute approximate surface area is 191 Å². The number of fused-ring (bicyclic) bond motifs is 1. The van der Waals surface area contributed by atoms with E-state index in [9.17, 15) is 13.7 Å². The van der Waals surface area contributed by atoms with Crippen LogP contribution < -0.4 is 5.14 Å². The highest BCUT2D eigenvalue weighted by atomic mass is 32.2. The summed E-state index contributed by atoms with van der Waals surface area (Å²) in [5, 5.41) is 15.7. The molecule has 8 heteroatoms. The van der Waals surface area contributed by atoms with Crippen molar-refractivity contribution in [3.8, 4) is 6.07 Å². The molecule has 0 amide bonds. The second-order valence-electron chi connectivity index (χ2n) is 7.59. The average Bonchev–Trinajstić information content (AvgIpc) is 3.17. The van der Waals surface area contributed by atoms with Crippen LogP contribution in [0.1, 0.15) is 24.4 Å².